The Morgan fingerprint density at radius 3 is 1.81 bits per heavy atom. The summed E-state index contributed by atoms with van der Waals surface area (Å²) >= 11 is 0. The molecule has 0 rings (SSSR count). The number of nitrogens with zero attached hydrogens (tertiary/aromatic N) is 2. The Kier molecular flexibility index (Phi) is 10.3. The van der Waals surface area contributed by atoms with Crippen molar-refractivity contribution in [3.8, 4) is 0 Å². The zero-order chi connectivity index (χ0) is 16.5. The Labute approximate surface area is 136 Å². The van der Waals surface area contributed by atoms with Gasteiger partial charge in [-0.15, -0.1) is 0 Å². The summed E-state index contributed by atoms with van der Waals surface area (Å²) < 4.78 is 8.43. The molecule has 3 nitrogen and oxygen atoms in total. The van der Waals surface area contributed by atoms with Crippen LogP contribution in [-0.2, 0) is 4.43 Å². The summed E-state index contributed by atoms with van der Waals surface area (Å²) in [6.07, 6.45) is 2.64. The van der Waals surface area contributed by atoms with Crippen molar-refractivity contribution in [2.24, 2.45) is 0 Å². The lowest BCUT2D eigenvalue weighted by Gasteiger charge is -2.36. The van der Waals surface area contributed by atoms with Crippen LogP contribution in [0.1, 0.15) is 26.7 Å². The third-order valence-corrected chi connectivity index (χ3v) is 9.55. The summed E-state index contributed by atoms with van der Waals surface area (Å²) in [5, 5.41) is 0. The molecule has 0 amide bonds. The van der Waals surface area contributed by atoms with Crippen LogP contribution in [0.4, 0.5) is 0 Å². The smallest absolute Gasteiger partial charge is 0.186 e. The summed E-state index contributed by atoms with van der Waals surface area (Å²) in [5.74, 6) is 0. The molecule has 0 aromatic carbocycles. The van der Waals surface area contributed by atoms with E-state index in [9.17, 15) is 0 Å². The molecular weight excluding hydrogens is 292 g/mol. The molecule has 0 saturated carbocycles. The molecule has 0 aliphatic rings. The third-order valence-electron chi connectivity index (χ3n) is 4.54. The molecule has 128 valence electrons. The molecule has 0 N–H and O–H groups in total. The highest BCUT2D eigenvalue weighted by molar-refractivity contribution is 6.73. The Hall–Kier alpha value is 0.314. The minimum absolute atomic E-state index is 1.17. The summed E-state index contributed by atoms with van der Waals surface area (Å²) in [5.41, 5.74) is 0. The summed E-state index contributed by atoms with van der Waals surface area (Å²) in [6, 6.07) is 1.29. The van der Waals surface area contributed by atoms with E-state index in [2.05, 4.69) is 56.0 Å². The Bertz CT molecular complexity index is 263. The van der Waals surface area contributed by atoms with Crippen LogP contribution in [0.5, 0.6) is 0 Å². The van der Waals surface area contributed by atoms with E-state index < -0.39 is 16.6 Å². The van der Waals surface area contributed by atoms with Crippen molar-refractivity contribution in [2.75, 3.05) is 39.8 Å². The van der Waals surface area contributed by atoms with Gasteiger partial charge in [-0.25, -0.2) is 0 Å². The molecule has 5 heteroatoms. The van der Waals surface area contributed by atoms with Crippen LogP contribution < -0.4 is 0 Å². The van der Waals surface area contributed by atoms with Gasteiger partial charge >= 0.3 is 0 Å². The maximum atomic E-state index is 5.65. The summed E-state index contributed by atoms with van der Waals surface area (Å²) in [7, 11) is -0.675. The van der Waals surface area contributed by atoms with Crippen LogP contribution in [0.15, 0.2) is 0 Å². The van der Waals surface area contributed by atoms with Gasteiger partial charge in [-0.1, -0.05) is 39.9 Å². The highest BCUT2D eigenvalue weighted by atomic mass is 28.4. The van der Waals surface area contributed by atoms with Crippen molar-refractivity contribution >= 4 is 16.6 Å². The van der Waals surface area contributed by atoms with E-state index >= 15 is 0 Å². The Morgan fingerprint density at radius 2 is 1.38 bits per heavy atom. The van der Waals surface area contributed by atoms with Gasteiger partial charge in [-0.05, 0) is 45.2 Å². The molecule has 0 aromatic heterocycles. The average molecular weight is 333 g/mol. The first-order chi connectivity index (χ1) is 9.66. The maximum absolute atomic E-state index is 5.65. The normalized spacial score (nSPS) is 13.4. The fourth-order valence-electron chi connectivity index (χ4n) is 2.54. The van der Waals surface area contributed by atoms with Gasteiger partial charge in [-0.3, -0.25) is 0 Å². The van der Waals surface area contributed by atoms with Crippen molar-refractivity contribution in [1.29, 1.82) is 0 Å². The van der Waals surface area contributed by atoms with Crippen LogP contribution >= 0.6 is 0 Å². The highest BCUT2D eigenvalue weighted by Crippen LogP contribution is 2.16. The quantitative estimate of drug-likeness (QED) is 0.395. The molecule has 0 aliphatic heterocycles. The number of likely N-dealkylation sites (N-methyl/N-ethyl adjacent to an activating group) is 1. The fourth-order valence-corrected chi connectivity index (χ4v) is 5.45. The lowest BCUT2D eigenvalue weighted by molar-refractivity contribution is 0.267. The second kappa shape index (κ2) is 10.2. The fraction of sp³-hybridized carbons (Fsp3) is 1.00. The highest BCUT2D eigenvalue weighted by Gasteiger charge is 2.24. The van der Waals surface area contributed by atoms with Crippen LogP contribution in [0, 0.1) is 0 Å². The molecule has 21 heavy (non-hydrogen) atoms. The van der Waals surface area contributed by atoms with E-state index in [1.54, 1.807) is 0 Å². The lowest BCUT2D eigenvalue weighted by atomic mass is 10.3. The number of rotatable bonds is 12. The van der Waals surface area contributed by atoms with Crippen LogP contribution in [-0.4, -0.2) is 65.9 Å². The second-order valence-electron chi connectivity index (χ2n) is 7.61. The van der Waals surface area contributed by atoms with E-state index in [1.807, 2.05) is 7.11 Å². The molecule has 0 bridgehead atoms. The average Bonchev–Trinajstić information content (AvgIpc) is 2.40. The Balaban J connectivity index is 4.21. The first-order valence-corrected chi connectivity index (χ1v) is 15.2. The van der Waals surface area contributed by atoms with Gasteiger partial charge in [0.2, 0.25) is 0 Å². The van der Waals surface area contributed by atoms with Gasteiger partial charge in [0.25, 0.3) is 0 Å². The Morgan fingerprint density at radius 1 is 0.810 bits per heavy atom. The van der Waals surface area contributed by atoms with Crippen molar-refractivity contribution in [2.45, 2.75) is 65.5 Å². The minimum atomic E-state index is -1.36. The van der Waals surface area contributed by atoms with Gasteiger partial charge in [0.1, 0.15) is 8.24 Å². The summed E-state index contributed by atoms with van der Waals surface area (Å²) in [4.78, 5) is 2.54. The first-order valence-electron chi connectivity index (χ1n) is 8.68. The van der Waals surface area contributed by atoms with Crippen molar-refractivity contribution < 1.29 is 4.43 Å². The monoisotopic (exact) mass is 332 g/mol. The molecule has 0 radical (unpaired) electrons. The van der Waals surface area contributed by atoms with Gasteiger partial charge < -0.3 is 13.9 Å². The van der Waals surface area contributed by atoms with E-state index in [0.29, 0.717) is 0 Å². The first kappa shape index (κ1) is 21.3. The van der Waals surface area contributed by atoms with Crippen LogP contribution in [0.3, 0.4) is 0 Å². The van der Waals surface area contributed by atoms with E-state index in [1.165, 1.54) is 51.6 Å². The van der Waals surface area contributed by atoms with Crippen molar-refractivity contribution in [3.05, 3.63) is 0 Å². The predicted octanol–water partition coefficient (Wildman–Crippen LogP) is 4.10. The van der Waals surface area contributed by atoms with Crippen LogP contribution in [0.2, 0.25) is 38.8 Å². The number of hydrogen-bond donors (Lipinski definition) is 0. The third kappa shape index (κ3) is 9.84. The SMILES string of the molecule is CCN(CC)CCN(CCCC[Si](C)(C)OC)[Si](C)(C)C. The molecule has 0 aliphatic carbocycles. The minimum Gasteiger partial charge on any atom is -0.420 e. The van der Waals surface area contributed by atoms with Crippen molar-refractivity contribution in [1.82, 2.24) is 9.47 Å². The van der Waals surface area contributed by atoms with Gasteiger partial charge in [0.15, 0.2) is 8.32 Å². The second-order valence-corrected chi connectivity index (χ2v) is 17.0. The zero-order valence-corrected chi connectivity index (χ0v) is 18.0. The zero-order valence-electron chi connectivity index (χ0n) is 16.0. The molecule has 0 spiro atoms. The molecule has 0 aromatic rings. The lowest BCUT2D eigenvalue weighted by Crippen LogP contribution is -2.49. The number of hydrogen-bond acceptors (Lipinski definition) is 3. The van der Waals surface area contributed by atoms with E-state index in [-0.39, 0.29) is 0 Å². The predicted molar refractivity (Wildman–Crippen MR) is 101 cm³/mol. The largest absolute Gasteiger partial charge is 0.420 e. The summed E-state index contributed by atoms with van der Waals surface area (Å²) in [6.45, 7) is 22.7. The molecule has 0 heterocycles. The van der Waals surface area contributed by atoms with Gasteiger partial charge in [-0.2, -0.15) is 0 Å². The number of unbranched alkanes of at least 4 members (excludes halogenated alkanes) is 1. The standard InChI is InChI=1S/C16H40N2OSi2/c1-9-17(10-2)14-15-18(20(4,5)6)13-11-12-16-21(7,8)19-3/h9-16H2,1-8H3. The molecule has 0 saturated heterocycles. The molecular formula is C16H40N2OSi2. The maximum Gasteiger partial charge on any atom is 0.186 e. The molecule has 0 atom stereocenters. The van der Waals surface area contributed by atoms with Crippen LogP contribution in [0.25, 0.3) is 0 Å². The van der Waals surface area contributed by atoms with E-state index in [4.69, 9.17) is 4.43 Å². The van der Waals surface area contributed by atoms with Gasteiger partial charge in [0.05, 0.1) is 0 Å². The topological polar surface area (TPSA) is 15.7 Å². The molecule has 0 fully saturated rings. The van der Waals surface area contributed by atoms with Crippen molar-refractivity contribution in [3.63, 3.8) is 0 Å². The molecule has 0 unspecified atom stereocenters. The van der Waals surface area contributed by atoms with E-state index in [0.717, 1.165) is 0 Å². The van der Waals surface area contributed by atoms with Gasteiger partial charge in [0, 0.05) is 20.2 Å².